The molecule has 0 unspecified atom stereocenters. The number of hydrogen-bond donors (Lipinski definition) is 0. The summed E-state index contributed by atoms with van der Waals surface area (Å²) < 4.78 is 7.39. The van der Waals surface area contributed by atoms with E-state index in [1.165, 1.54) is 4.57 Å². The number of rotatable bonds is 5. The molecular formula is C23H17ClN2O2. The van der Waals surface area contributed by atoms with Crippen LogP contribution < -0.4 is 10.3 Å². The molecule has 28 heavy (non-hydrogen) atoms. The molecule has 4 rings (SSSR count). The van der Waals surface area contributed by atoms with Crippen LogP contribution in [-0.2, 0) is 6.42 Å². The standard InChI is InChI=1S/C23H17ClN2O2/c24-19-11-13-21(14-12-19)28-23-25-16-18(15-17-7-3-1-4-8-17)22(27)26(23)20-9-5-2-6-10-20/h1-14,16H,15H2. The summed E-state index contributed by atoms with van der Waals surface area (Å²) in [5, 5.41) is 0.610. The molecule has 3 aromatic carbocycles. The van der Waals surface area contributed by atoms with E-state index in [1.807, 2.05) is 60.7 Å². The third-order valence-corrected chi connectivity index (χ3v) is 4.53. The highest BCUT2D eigenvalue weighted by atomic mass is 35.5. The average molecular weight is 389 g/mol. The number of aromatic nitrogens is 2. The Morgan fingerprint density at radius 2 is 1.50 bits per heavy atom. The quantitative estimate of drug-likeness (QED) is 0.468. The molecular weight excluding hydrogens is 372 g/mol. The molecule has 138 valence electrons. The third-order valence-electron chi connectivity index (χ3n) is 4.27. The maximum Gasteiger partial charge on any atom is 0.309 e. The zero-order valence-corrected chi connectivity index (χ0v) is 15.7. The molecule has 0 atom stereocenters. The lowest BCUT2D eigenvalue weighted by Crippen LogP contribution is -2.24. The molecule has 0 spiro atoms. The highest BCUT2D eigenvalue weighted by molar-refractivity contribution is 6.30. The fraction of sp³-hybridized carbons (Fsp3) is 0.0435. The van der Waals surface area contributed by atoms with E-state index in [0.717, 1.165) is 5.56 Å². The molecule has 0 fully saturated rings. The first-order valence-corrected chi connectivity index (χ1v) is 9.22. The minimum absolute atomic E-state index is 0.158. The molecule has 0 amide bonds. The van der Waals surface area contributed by atoms with E-state index >= 15 is 0 Å². The molecule has 4 aromatic rings. The predicted octanol–water partition coefficient (Wildman–Crippen LogP) is 5.27. The van der Waals surface area contributed by atoms with Gasteiger partial charge in [0.2, 0.25) is 0 Å². The van der Waals surface area contributed by atoms with Gasteiger partial charge in [0.25, 0.3) is 5.56 Å². The summed E-state index contributed by atoms with van der Waals surface area (Å²) in [5.41, 5.74) is 2.18. The van der Waals surface area contributed by atoms with Crippen LogP contribution in [-0.4, -0.2) is 9.55 Å². The molecule has 0 aliphatic carbocycles. The van der Waals surface area contributed by atoms with Crippen molar-refractivity contribution in [3.05, 3.63) is 118 Å². The molecule has 0 aliphatic heterocycles. The van der Waals surface area contributed by atoms with Crippen molar-refractivity contribution in [3.8, 4) is 17.4 Å². The zero-order valence-electron chi connectivity index (χ0n) is 15.0. The lowest BCUT2D eigenvalue weighted by molar-refractivity contribution is 0.423. The van der Waals surface area contributed by atoms with Gasteiger partial charge in [0.05, 0.1) is 5.69 Å². The van der Waals surface area contributed by atoms with Crippen molar-refractivity contribution in [2.45, 2.75) is 6.42 Å². The fourth-order valence-corrected chi connectivity index (χ4v) is 3.02. The second-order valence-electron chi connectivity index (χ2n) is 6.26. The van der Waals surface area contributed by atoms with Crippen LogP contribution >= 0.6 is 11.6 Å². The molecule has 0 radical (unpaired) electrons. The van der Waals surface area contributed by atoms with Crippen molar-refractivity contribution in [1.29, 1.82) is 0 Å². The Labute approximate surface area is 167 Å². The van der Waals surface area contributed by atoms with Gasteiger partial charge in [-0.25, -0.2) is 9.55 Å². The summed E-state index contributed by atoms with van der Waals surface area (Å²) in [7, 11) is 0. The molecule has 1 aromatic heterocycles. The molecule has 0 saturated heterocycles. The Bertz CT molecular complexity index is 1120. The summed E-state index contributed by atoms with van der Waals surface area (Å²) in [6.07, 6.45) is 2.08. The maximum atomic E-state index is 13.3. The fourth-order valence-electron chi connectivity index (χ4n) is 2.90. The first-order chi connectivity index (χ1) is 13.7. The minimum Gasteiger partial charge on any atom is -0.425 e. The first kappa shape index (κ1) is 18.0. The van der Waals surface area contributed by atoms with Gasteiger partial charge in [-0.1, -0.05) is 60.1 Å². The molecule has 5 heteroatoms. The van der Waals surface area contributed by atoms with Crippen LogP contribution in [0, 0.1) is 0 Å². The van der Waals surface area contributed by atoms with E-state index in [9.17, 15) is 4.79 Å². The molecule has 0 aliphatic rings. The van der Waals surface area contributed by atoms with Gasteiger partial charge < -0.3 is 4.74 Å². The normalized spacial score (nSPS) is 10.6. The Morgan fingerprint density at radius 1 is 0.857 bits per heavy atom. The summed E-state index contributed by atoms with van der Waals surface area (Å²) >= 11 is 5.94. The number of benzene rings is 3. The number of nitrogens with zero attached hydrogens (tertiary/aromatic N) is 2. The van der Waals surface area contributed by atoms with Crippen LogP contribution in [0.5, 0.6) is 11.8 Å². The van der Waals surface area contributed by atoms with E-state index < -0.39 is 0 Å². The van der Waals surface area contributed by atoms with Crippen LogP contribution in [0.1, 0.15) is 11.1 Å². The van der Waals surface area contributed by atoms with Crippen LogP contribution in [0.15, 0.2) is 95.9 Å². The number of halogens is 1. The smallest absolute Gasteiger partial charge is 0.309 e. The van der Waals surface area contributed by atoms with Crippen molar-refractivity contribution < 1.29 is 4.74 Å². The van der Waals surface area contributed by atoms with Gasteiger partial charge in [-0.2, -0.15) is 0 Å². The van der Waals surface area contributed by atoms with Crippen LogP contribution in [0.2, 0.25) is 5.02 Å². The Kier molecular flexibility index (Phi) is 5.22. The van der Waals surface area contributed by atoms with E-state index in [4.69, 9.17) is 16.3 Å². The predicted molar refractivity (Wildman–Crippen MR) is 111 cm³/mol. The number of hydrogen-bond acceptors (Lipinski definition) is 3. The summed E-state index contributed by atoms with van der Waals surface area (Å²) in [6.45, 7) is 0. The highest BCUT2D eigenvalue weighted by Crippen LogP contribution is 2.23. The van der Waals surface area contributed by atoms with Gasteiger partial charge in [0, 0.05) is 23.2 Å². The monoisotopic (exact) mass is 388 g/mol. The van der Waals surface area contributed by atoms with E-state index in [2.05, 4.69) is 4.98 Å². The van der Waals surface area contributed by atoms with Crippen molar-refractivity contribution >= 4 is 11.6 Å². The third kappa shape index (κ3) is 3.97. The molecule has 1 heterocycles. The SMILES string of the molecule is O=c1c(Cc2ccccc2)cnc(Oc2ccc(Cl)cc2)n1-c1ccccc1. The second kappa shape index (κ2) is 8.11. The maximum absolute atomic E-state index is 13.3. The van der Waals surface area contributed by atoms with Crippen LogP contribution in [0.25, 0.3) is 5.69 Å². The van der Waals surface area contributed by atoms with Crippen molar-refractivity contribution in [2.24, 2.45) is 0 Å². The van der Waals surface area contributed by atoms with Gasteiger partial charge in [-0.05, 0) is 42.0 Å². The minimum atomic E-state index is -0.158. The van der Waals surface area contributed by atoms with Crippen molar-refractivity contribution in [1.82, 2.24) is 9.55 Å². The topological polar surface area (TPSA) is 44.1 Å². The van der Waals surface area contributed by atoms with Gasteiger partial charge in [-0.3, -0.25) is 4.79 Å². The van der Waals surface area contributed by atoms with Crippen LogP contribution in [0.4, 0.5) is 0 Å². The van der Waals surface area contributed by atoms with E-state index in [-0.39, 0.29) is 11.6 Å². The molecule has 0 saturated carbocycles. The second-order valence-corrected chi connectivity index (χ2v) is 6.70. The zero-order chi connectivity index (χ0) is 19.3. The van der Waals surface area contributed by atoms with Gasteiger partial charge >= 0.3 is 6.01 Å². The number of ether oxygens (including phenoxy) is 1. The highest BCUT2D eigenvalue weighted by Gasteiger charge is 2.14. The molecule has 0 N–H and O–H groups in total. The lowest BCUT2D eigenvalue weighted by Gasteiger charge is -2.14. The Balaban J connectivity index is 1.78. The lowest BCUT2D eigenvalue weighted by atomic mass is 10.1. The van der Waals surface area contributed by atoms with Gasteiger partial charge in [0.1, 0.15) is 5.75 Å². The first-order valence-electron chi connectivity index (χ1n) is 8.84. The van der Waals surface area contributed by atoms with Crippen LogP contribution in [0.3, 0.4) is 0 Å². The van der Waals surface area contributed by atoms with Gasteiger partial charge in [0.15, 0.2) is 0 Å². The average Bonchev–Trinajstić information content (AvgIpc) is 2.73. The van der Waals surface area contributed by atoms with Gasteiger partial charge in [-0.15, -0.1) is 0 Å². The summed E-state index contributed by atoms with van der Waals surface area (Å²) in [6, 6.07) is 26.3. The van der Waals surface area contributed by atoms with Crippen molar-refractivity contribution in [3.63, 3.8) is 0 Å². The molecule has 0 bridgehead atoms. The Morgan fingerprint density at radius 3 is 2.18 bits per heavy atom. The Hall–Kier alpha value is -3.37. The summed E-state index contributed by atoms with van der Waals surface area (Å²) in [5.74, 6) is 0.553. The van der Waals surface area contributed by atoms with E-state index in [1.54, 1.807) is 30.5 Å². The van der Waals surface area contributed by atoms with E-state index in [0.29, 0.717) is 28.4 Å². The van der Waals surface area contributed by atoms with Crippen molar-refractivity contribution in [2.75, 3.05) is 0 Å². The number of para-hydroxylation sites is 1. The largest absolute Gasteiger partial charge is 0.425 e. The summed E-state index contributed by atoms with van der Waals surface area (Å²) in [4.78, 5) is 17.7. The molecule has 4 nitrogen and oxygen atoms in total.